The number of amides is 1. The molecule has 1 aliphatic carbocycles. The van der Waals surface area contributed by atoms with Gasteiger partial charge in [-0.05, 0) is 56.4 Å². The van der Waals surface area contributed by atoms with Crippen LogP contribution in [-0.4, -0.2) is 31.7 Å². The van der Waals surface area contributed by atoms with Gasteiger partial charge in [0.2, 0.25) is 0 Å². The van der Waals surface area contributed by atoms with Crippen LogP contribution in [0, 0.1) is 0 Å². The molecule has 148 valence electrons. The van der Waals surface area contributed by atoms with Gasteiger partial charge in [-0.25, -0.2) is 4.98 Å². The third-order valence-corrected chi connectivity index (χ3v) is 4.80. The highest BCUT2D eigenvalue weighted by Gasteiger charge is 2.09. The van der Waals surface area contributed by atoms with E-state index in [0.717, 1.165) is 18.5 Å². The maximum absolute atomic E-state index is 12.3. The molecule has 28 heavy (non-hydrogen) atoms. The summed E-state index contributed by atoms with van der Waals surface area (Å²) in [6.45, 7) is 0.663. The molecule has 2 N–H and O–H groups in total. The number of carbonyl (C=O) groups is 1. The van der Waals surface area contributed by atoms with Crippen LogP contribution in [0.1, 0.15) is 42.5 Å². The Morgan fingerprint density at radius 3 is 2.64 bits per heavy atom. The van der Waals surface area contributed by atoms with Gasteiger partial charge in [0, 0.05) is 24.5 Å². The van der Waals surface area contributed by atoms with E-state index < -0.39 is 0 Å². The van der Waals surface area contributed by atoms with E-state index in [4.69, 9.17) is 9.47 Å². The summed E-state index contributed by atoms with van der Waals surface area (Å²) < 4.78 is 10.5. The quantitative estimate of drug-likeness (QED) is 0.661. The summed E-state index contributed by atoms with van der Waals surface area (Å²) in [6, 6.07) is 9.09. The minimum Gasteiger partial charge on any atom is -0.493 e. The van der Waals surface area contributed by atoms with Crippen LogP contribution in [0.15, 0.2) is 48.2 Å². The van der Waals surface area contributed by atoms with Crippen LogP contribution in [0.2, 0.25) is 0 Å². The number of hydrogen-bond acceptors (Lipinski definition) is 5. The molecule has 6 heteroatoms. The minimum atomic E-state index is -0.0958. The van der Waals surface area contributed by atoms with Crippen molar-refractivity contribution in [2.45, 2.75) is 32.1 Å². The minimum absolute atomic E-state index is 0.0958. The number of ether oxygens (including phenoxy) is 2. The van der Waals surface area contributed by atoms with Gasteiger partial charge in [0.15, 0.2) is 11.5 Å². The summed E-state index contributed by atoms with van der Waals surface area (Å²) in [7, 11) is 3.19. The molecule has 3 rings (SSSR count). The second-order valence-corrected chi connectivity index (χ2v) is 6.74. The molecule has 6 nitrogen and oxygen atoms in total. The van der Waals surface area contributed by atoms with Crippen molar-refractivity contribution in [3.63, 3.8) is 0 Å². The fraction of sp³-hybridized carbons (Fsp3) is 0.364. The maximum atomic E-state index is 12.3. The summed E-state index contributed by atoms with van der Waals surface area (Å²) in [4.78, 5) is 16.6. The lowest BCUT2D eigenvalue weighted by molar-refractivity contribution is 0.0953. The first-order chi connectivity index (χ1) is 13.7. The topological polar surface area (TPSA) is 72.5 Å². The number of rotatable bonds is 8. The molecule has 1 amide bonds. The summed E-state index contributed by atoms with van der Waals surface area (Å²) in [5.41, 5.74) is 2.83. The summed E-state index contributed by atoms with van der Waals surface area (Å²) in [6.07, 6.45) is 9.70. The first-order valence-corrected chi connectivity index (χ1v) is 9.61. The molecule has 0 saturated carbocycles. The average Bonchev–Trinajstić information content (AvgIpc) is 2.75. The molecule has 0 saturated heterocycles. The highest BCUT2D eigenvalue weighted by Crippen LogP contribution is 2.30. The Labute approximate surface area is 166 Å². The maximum Gasteiger partial charge on any atom is 0.252 e. The third-order valence-electron chi connectivity index (χ3n) is 4.80. The van der Waals surface area contributed by atoms with Crippen LogP contribution >= 0.6 is 0 Å². The van der Waals surface area contributed by atoms with Gasteiger partial charge < -0.3 is 20.1 Å². The Morgan fingerprint density at radius 1 is 1.11 bits per heavy atom. The molecule has 0 radical (unpaired) electrons. The number of carbonyl (C=O) groups excluding carboxylic acids is 1. The number of aromatic nitrogens is 1. The number of benzene rings is 1. The van der Waals surface area contributed by atoms with E-state index in [0.29, 0.717) is 29.4 Å². The van der Waals surface area contributed by atoms with Crippen molar-refractivity contribution in [3.05, 3.63) is 53.7 Å². The molecule has 1 aromatic heterocycles. The van der Waals surface area contributed by atoms with Gasteiger partial charge in [-0.3, -0.25) is 4.79 Å². The molecule has 1 heterocycles. The lowest BCUT2D eigenvalue weighted by Gasteiger charge is -2.13. The van der Waals surface area contributed by atoms with Gasteiger partial charge in [-0.15, -0.1) is 0 Å². The van der Waals surface area contributed by atoms with E-state index in [1.807, 2.05) is 18.2 Å². The van der Waals surface area contributed by atoms with Gasteiger partial charge in [-0.2, -0.15) is 0 Å². The Morgan fingerprint density at radius 2 is 1.96 bits per heavy atom. The van der Waals surface area contributed by atoms with Crippen LogP contribution in [0.4, 0.5) is 11.5 Å². The van der Waals surface area contributed by atoms with Gasteiger partial charge in [-0.1, -0.05) is 11.6 Å². The molecule has 0 spiro atoms. The van der Waals surface area contributed by atoms with Crippen molar-refractivity contribution in [2.75, 3.05) is 26.1 Å². The molecule has 0 unspecified atom stereocenters. The predicted octanol–water partition coefficient (Wildman–Crippen LogP) is 4.46. The summed E-state index contributed by atoms with van der Waals surface area (Å²) in [5, 5.41) is 6.17. The van der Waals surface area contributed by atoms with Crippen LogP contribution in [0.5, 0.6) is 11.5 Å². The number of hydrogen-bond donors (Lipinski definition) is 2. The SMILES string of the molecule is COc1ccc(Nc2ccc(C(=O)NCCC3=CCCCC3)cn2)cc1OC. The molecule has 2 aromatic rings. The monoisotopic (exact) mass is 381 g/mol. The first kappa shape index (κ1) is 19.7. The Bertz CT molecular complexity index is 831. The molecule has 0 fully saturated rings. The van der Waals surface area contributed by atoms with E-state index in [2.05, 4.69) is 21.7 Å². The van der Waals surface area contributed by atoms with E-state index in [9.17, 15) is 4.79 Å². The Kier molecular flexibility index (Phi) is 6.89. The molecule has 1 aliphatic rings. The van der Waals surface area contributed by atoms with Crippen molar-refractivity contribution in [1.29, 1.82) is 0 Å². The van der Waals surface area contributed by atoms with Crippen molar-refractivity contribution < 1.29 is 14.3 Å². The van der Waals surface area contributed by atoms with Crippen LogP contribution in [-0.2, 0) is 0 Å². The van der Waals surface area contributed by atoms with E-state index >= 15 is 0 Å². The molecular formula is C22H27N3O3. The summed E-state index contributed by atoms with van der Waals surface area (Å²) in [5.74, 6) is 1.85. The Balaban J connectivity index is 1.54. The number of allylic oxidation sites excluding steroid dienone is 1. The number of methoxy groups -OCH3 is 2. The third kappa shape index (κ3) is 5.25. The smallest absolute Gasteiger partial charge is 0.252 e. The molecular weight excluding hydrogens is 354 g/mol. The zero-order valence-electron chi connectivity index (χ0n) is 16.5. The largest absolute Gasteiger partial charge is 0.493 e. The Hall–Kier alpha value is -3.02. The molecule has 0 aliphatic heterocycles. The fourth-order valence-electron chi connectivity index (χ4n) is 3.23. The van der Waals surface area contributed by atoms with Crippen LogP contribution in [0.25, 0.3) is 0 Å². The number of nitrogens with one attached hydrogen (secondary N) is 2. The molecule has 0 atom stereocenters. The predicted molar refractivity (Wildman–Crippen MR) is 111 cm³/mol. The van der Waals surface area contributed by atoms with Gasteiger partial charge in [0.1, 0.15) is 5.82 Å². The number of pyridine rings is 1. The standard InChI is InChI=1S/C22H27N3O3/c1-27-19-10-9-18(14-20(19)28-2)25-21-11-8-17(15-24-21)22(26)23-13-12-16-6-4-3-5-7-16/h6,8-11,14-15H,3-5,7,12-13H2,1-2H3,(H,23,26)(H,24,25). The van der Waals surface area contributed by atoms with Crippen LogP contribution in [0.3, 0.4) is 0 Å². The van der Waals surface area contributed by atoms with Crippen LogP contribution < -0.4 is 20.1 Å². The zero-order valence-corrected chi connectivity index (χ0v) is 16.5. The van der Waals surface area contributed by atoms with Crippen molar-refractivity contribution in [1.82, 2.24) is 10.3 Å². The first-order valence-electron chi connectivity index (χ1n) is 9.61. The summed E-state index contributed by atoms with van der Waals surface area (Å²) >= 11 is 0. The number of nitrogens with zero attached hydrogens (tertiary/aromatic N) is 1. The highest BCUT2D eigenvalue weighted by atomic mass is 16.5. The lowest BCUT2D eigenvalue weighted by Crippen LogP contribution is -2.25. The van der Waals surface area contributed by atoms with Gasteiger partial charge in [0.05, 0.1) is 19.8 Å². The van der Waals surface area contributed by atoms with E-state index in [1.54, 1.807) is 32.5 Å². The van der Waals surface area contributed by atoms with Crippen molar-refractivity contribution in [2.24, 2.45) is 0 Å². The second-order valence-electron chi connectivity index (χ2n) is 6.74. The molecule has 0 bridgehead atoms. The van der Waals surface area contributed by atoms with Gasteiger partial charge >= 0.3 is 0 Å². The zero-order chi connectivity index (χ0) is 19.8. The van der Waals surface area contributed by atoms with Gasteiger partial charge in [0.25, 0.3) is 5.91 Å². The van der Waals surface area contributed by atoms with Crippen molar-refractivity contribution >= 4 is 17.4 Å². The highest BCUT2D eigenvalue weighted by molar-refractivity contribution is 5.94. The van der Waals surface area contributed by atoms with E-state index in [-0.39, 0.29) is 5.91 Å². The van der Waals surface area contributed by atoms with E-state index in [1.165, 1.54) is 24.8 Å². The number of anilines is 2. The average molecular weight is 381 g/mol. The fourth-order valence-corrected chi connectivity index (χ4v) is 3.23. The second kappa shape index (κ2) is 9.78. The molecule has 1 aromatic carbocycles. The van der Waals surface area contributed by atoms with Crippen molar-refractivity contribution in [3.8, 4) is 11.5 Å². The lowest BCUT2D eigenvalue weighted by atomic mass is 9.97. The normalized spacial score (nSPS) is 13.4.